The van der Waals surface area contributed by atoms with Crippen molar-refractivity contribution in [2.75, 3.05) is 34.5 Å². The summed E-state index contributed by atoms with van der Waals surface area (Å²) in [7, 11) is 4.78. The second kappa shape index (κ2) is 7.91. The van der Waals surface area contributed by atoms with E-state index in [2.05, 4.69) is 6.08 Å². The summed E-state index contributed by atoms with van der Waals surface area (Å²) < 4.78 is 27.7. The molecule has 7 nitrogen and oxygen atoms in total. The highest BCUT2D eigenvalue weighted by atomic mass is 16.6. The van der Waals surface area contributed by atoms with Gasteiger partial charge in [0.15, 0.2) is 11.5 Å². The third-order valence-corrected chi connectivity index (χ3v) is 4.84. The lowest BCUT2D eigenvalue weighted by molar-refractivity contribution is -0.0510. The summed E-state index contributed by atoms with van der Waals surface area (Å²) in [5, 5.41) is 0. The van der Waals surface area contributed by atoms with Gasteiger partial charge >= 0.3 is 6.09 Å². The van der Waals surface area contributed by atoms with Gasteiger partial charge in [0.2, 0.25) is 5.75 Å². The Morgan fingerprint density at radius 2 is 1.71 bits per heavy atom. The molecule has 3 rings (SSSR count). The lowest BCUT2D eigenvalue weighted by Gasteiger charge is -2.44. The zero-order valence-electron chi connectivity index (χ0n) is 17.4. The summed E-state index contributed by atoms with van der Waals surface area (Å²) in [6.45, 7) is 6.55. The van der Waals surface area contributed by atoms with E-state index in [1.807, 2.05) is 32.9 Å². The molecule has 0 radical (unpaired) electrons. The minimum absolute atomic E-state index is 0.0762. The molecule has 2 heterocycles. The summed E-state index contributed by atoms with van der Waals surface area (Å²) >= 11 is 0. The Morgan fingerprint density at radius 1 is 1.07 bits per heavy atom. The van der Waals surface area contributed by atoms with Crippen LogP contribution in [0.25, 0.3) is 5.57 Å². The van der Waals surface area contributed by atoms with Crippen LogP contribution in [0.15, 0.2) is 18.2 Å². The van der Waals surface area contributed by atoms with Crippen molar-refractivity contribution in [2.24, 2.45) is 0 Å². The van der Waals surface area contributed by atoms with Crippen LogP contribution in [0.1, 0.15) is 32.8 Å². The maximum Gasteiger partial charge on any atom is 0.411 e. The van der Waals surface area contributed by atoms with Gasteiger partial charge in [-0.15, -0.1) is 0 Å². The molecule has 0 saturated carbocycles. The summed E-state index contributed by atoms with van der Waals surface area (Å²) in [6, 6.07) is 3.63. The molecule has 1 aromatic carbocycles. The quantitative estimate of drug-likeness (QED) is 0.783. The Labute approximate surface area is 166 Å². The highest BCUT2D eigenvalue weighted by Gasteiger charge is 2.40. The first kappa shape index (κ1) is 20.3. The van der Waals surface area contributed by atoms with Gasteiger partial charge in [-0.25, -0.2) is 4.79 Å². The Bertz CT molecular complexity index is 742. The molecule has 0 aromatic heterocycles. The Morgan fingerprint density at radius 3 is 2.21 bits per heavy atom. The average molecular weight is 391 g/mol. The van der Waals surface area contributed by atoms with Gasteiger partial charge in [-0.3, -0.25) is 4.90 Å². The largest absolute Gasteiger partial charge is 0.493 e. The Kier molecular flexibility index (Phi) is 5.74. The second-order valence-electron chi connectivity index (χ2n) is 7.96. The molecular formula is C21H29NO6. The molecule has 2 aliphatic heterocycles. The molecule has 28 heavy (non-hydrogen) atoms. The Hall–Kier alpha value is -2.41. The van der Waals surface area contributed by atoms with E-state index in [1.54, 1.807) is 26.2 Å². The van der Waals surface area contributed by atoms with Crippen LogP contribution in [0.5, 0.6) is 17.2 Å². The molecule has 2 aliphatic rings. The van der Waals surface area contributed by atoms with Crippen LogP contribution in [0.3, 0.4) is 0 Å². The predicted molar refractivity (Wildman–Crippen MR) is 105 cm³/mol. The van der Waals surface area contributed by atoms with E-state index < -0.39 is 5.60 Å². The highest BCUT2D eigenvalue weighted by molar-refractivity contribution is 5.76. The highest BCUT2D eigenvalue weighted by Crippen LogP contribution is 2.42. The van der Waals surface area contributed by atoms with Crippen LogP contribution in [0.2, 0.25) is 0 Å². The number of carbonyl (C=O) groups excluding carboxylic acids is 1. The van der Waals surface area contributed by atoms with Crippen LogP contribution >= 0.6 is 0 Å². The molecule has 0 aliphatic carbocycles. The summed E-state index contributed by atoms with van der Waals surface area (Å²) in [5.74, 6) is 1.77. The molecule has 0 spiro atoms. The fraction of sp³-hybridized carbons (Fsp3) is 0.571. The van der Waals surface area contributed by atoms with Gasteiger partial charge in [0, 0.05) is 0 Å². The van der Waals surface area contributed by atoms with Crippen molar-refractivity contribution < 1.29 is 28.5 Å². The average Bonchev–Trinajstić information content (AvgIpc) is 2.64. The van der Waals surface area contributed by atoms with Gasteiger partial charge in [-0.2, -0.15) is 0 Å². The molecule has 2 atom stereocenters. The van der Waals surface area contributed by atoms with Gasteiger partial charge in [0.1, 0.15) is 5.60 Å². The van der Waals surface area contributed by atoms with Gasteiger partial charge in [-0.05, 0) is 50.5 Å². The normalized spacial score (nSPS) is 21.6. The van der Waals surface area contributed by atoms with Crippen molar-refractivity contribution in [2.45, 2.75) is 44.9 Å². The van der Waals surface area contributed by atoms with Crippen LogP contribution < -0.4 is 14.2 Å². The molecule has 7 heteroatoms. The van der Waals surface area contributed by atoms with Crippen LogP contribution in [-0.4, -0.2) is 63.2 Å². The fourth-order valence-electron chi connectivity index (χ4n) is 3.68. The minimum Gasteiger partial charge on any atom is -0.493 e. The summed E-state index contributed by atoms with van der Waals surface area (Å²) in [5.41, 5.74) is 1.57. The maximum atomic E-state index is 12.7. The zero-order chi connectivity index (χ0) is 20.5. The third-order valence-electron chi connectivity index (χ3n) is 4.84. The van der Waals surface area contributed by atoms with E-state index in [9.17, 15) is 4.79 Å². The van der Waals surface area contributed by atoms with Gasteiger partial charge < -0.3 is 23.7 Å². The van der Waals surface area contributed by atoms with E-state index in [0.29, 0.717) is 36.9 Å². The van der Waals surface area contributed by atoms with Gasteiger partial charge in [-0.1, -0.05) is 6.08 Å². The maximum absolute atomic E-state index is 12.7. The molecule has 1 amide bonds. The predicted octanol–water partition coefficient (Wildman–Crippen LogP) is 3.50. The number of benzene rings is 1. The molecule has 2 bridgehead atoms. The van der Waals surface area contributed by atoms with E-state index >= 15 is 0 Å². The lowest BCUT2D eigenvalue weighted by atomic mass is 9.89. The topological polar surface area (TPSA) is 66.5 Å². The molecule has 1 fully saturated rings. The SMILES string of the molecule is COc1cc(C2=CC3COCC(C2)N3C(=O)OC(C)(C)C)cc(OC)c1OC. The number of nitrogens with zero attached hydrogens (tertiary/aromatic N) is 1. The van der Waals surface area contributed by atoms with Crippen LogP contribution in [-0.2, 0) is 9.47 Å². The standard InChI is InChI=1S/C21H29NO6/c1-21(2,3)28-20(23)22-15-7-13(8-16(22)12-27-11-15)14-9-17(24-4)19(26-6)18(10-14)25-5/h7,9-10,15-16H,8,11-12H2,1-6H3. The third kappa shape index (κ3) is 4.04. The number of methoxy groups -OCH3 is 3. The number of amides is 1. The molecule has 154 valence electrons. The van der Waals surface area contributed by atoms with Crippen molar-refractivity contribution in [3.8, 4) is 17.2 Å². The lowest BCUT2D eigenvalue weighted by Crippen LogP contribution is -2.57. The van der Waals surface area contributed by atoms with E-state index in [-0.39, 0.29) is 18.2 Å². The molecule has 1 aromatic rings. The zero-order valence-corrected chi connectivity index (χ0v) is 17.4. The van der Waals surface area contributed by atoms with E-state index in [4.69, 9.17) is 23.7 Å². The number of hydrogen-bond donors (Lipinski definition) is 0. The molecule has 2 unspecified atom stereocenters. The van der Waals surface area contributed by atoms with Crippen molar-refractivity contribution in [3.63, 3.8) is 0 Å². The second-order valence-corrected chi connectivity index (χ2v) is 7.96. The van der Waals surface area contributed by atoms with E-state index in [1.165, 1.54) is 0 Å². The van der Waals surface area contributed by atoms with Crippen molar-refractivity contribution in [1.82, 2.24) is 4.90 Å². The molecule has 1 saturated heterocycles. The summed E-state index contributed by atoms with van der Waals surface area (Å²) in [6.07, 6.45) is 2.43. The van der Waals surface area contributed by atoms with Gasteiger partial charge in [0.25, 0.3) is 0 Å². The van der Waals surface area contributed by atoms with Crippen LogP contribution in [0.4, 0.5) is 4.79 Å². The molecule has 0 N–H and O–H groups in total. The number of fused-ring (bicyclic) bond motifs is 2. The Balaban J connectivity index is 1.94. The number of ether oxygens (including phenoxy) is 5. The minimum atomic E-state index is -0.535. The summed E-state index contributed by atoms with van der Waals surface area (Å²) in [4.78, 5) is 14.5. The molecular weight excluding hydrogens is 362 g/mol. The van der Waals surface area contributed by atoms with E-state index in [0.717, 1.165) is 11.1 Å². The number of morpholine rings is 1. The fourth-order valence-corrected chi connectivity index (χ4v) is 3.68. The first-order valence-electron chi connectivity index (χ1n) is 9.37. The number of rotatable bonds is 4. The monoisotopic (exact) mass is 391 g/mol. The van der Waals surface area contributed by atoms with Crippen molar-refractivity contribution in [1.29, 1.82) is 0 Å². The van der Waals surface area contributed by atoms with Gasteiger partial charge in [0.05, 0.1) is 46.6 Å². The number of hydrogen-bond acceptors (Lipinski definition) is 6. The van der Waals surface area contributed by atoms with Crippen molar-refractivity contribution in [3.05, 3.63) is 23.8 Å². The number of carbonyl (C=O) groups is 1. The van der Waals surface area contributed by atoms with Crippen molar-refractivity contribution >= 4 is 11.7 Å². The first-order valence-corrected chi connectivity index (χ1v) is 9.37. The van der Waals surface area contributed by atoms with Crippen LogP contribution in [0, 0.1) is 0 Å². The first-order chi connectivity index (χ1) is 13.3. The smallest absolute Gasteiger partial charge is 0.411 e.